The number of hydrogen-bond acceptors (Lipinski definition) is 2. The average Bonchev–Trinajstić information content (AvgIpc) is 2.26. The molecule has 0 bridgehead atoms. The van der Waals surface area contributed by atoms with Crippen LogP contribution in [-0.2, 0) is 4.79 Å². The number of anilines is 1. The zero-order chi connectivity index (χ0) is 12.1. The van der Waals surface area contributed by atoms with Gasteiger partial charge in [0.25, 0.3) is 0 Å². The van der Waals surface area contributed by atoms with Crippen LogP contribution >= 0.6 is 22.6 Å². The monoisotopic (exact) mass is 333 g/mol. The molecular weight excluding hydrogens is 317 g/mol. The van der Waals surface area contributed by atoms with E-state index < -0.39 is 12.0 Å². The van der Waals surface area contributed by atoms with E-state index in [1.165, 1.54) is 0 Å². The van der Waals surface area contributed by atoms with Gasteiger partial charge in [0.2, 0.25) is 0 Å². The minimum atomic E-state index is -0.785. The first kappa shape index (κ1) is 13.3. The average molecular weight is 333 g/mol. The molecule has 0 saturated heterocycles. The van der Waals surface area contributed by atoms with Crippen LogP contribution in [-0.4, -0.2) is 23.7 Å². The van der Waals surface area contributed by atoms with Gasteiger partial charge in [0, 0.05) is 15.8 Å². The number of carboxylic acids is 1. The van der Waals surface area contributed by atoms with Crippen molar-refractivity contribution in [2.24, 2.45) is 0 Å². The molecule has 1 aromatic carbocycles. The summed E-state index contributed by atoms with van der Waals surface area (Å²) in [5.74, 6) is -0.785. The van der Waals surface area contributed by atoms with Gasteiger partial charge >= 0.3 is 5.97 Å². The van der Waals surface area contributed by atoms with Crippen LogP contribution in [0.25, 0.3) is 0 Å². The second-order valence-corrected chi connectivity index (χ2v) is 4.93. The summed E-state index contributed by atoms with van der Waals surface area (Å²) in [7, 11) is 0. The lowest BCUT2D eigenvalue weighted by Gasteiger charge is -2.28. The van der Waals surface area contributed by atoms with Gasteiger partial charge in [-0.3, -0.25) is 0 Å². The molecule has 0 saturated carbocycles. The molecule has 0 aromatic heterocycles. The van der Waals surface area contributed by atoms with Gasteiger partial charge in [-0.15, -0.1) is 0 Å². The molecule has 0 radical (unpaired) electrons. The van der Waals surface area contributed by atoms with Gasteiger partial charge in [0.1, 0.15) is 6.04 Å². The molecular formula is C12H16INO2. The summed E-state index contributed by atoms with van der Waals surface area (Å²) in [6.45, 7) is 4.53. The first-order valence-electron chi connectivity index (χ1n) is 5.31. The Hall–Kier alpha value is -0.780. The molecule has 1 aromatic rings. The molecule has 0 aliphatic heterocycles. The van der Waals surface area contributed by atoms with Crippen LogP contribution in [0.1, 0.15) is 20.3 Å². The quantitative estimate of drug-likeness (QED) is 0.843. The van der Waals surface area contributed by atoms with Crippen molar-refractivity contribution < 1.29 is 9.90 Å². The molecule has 0 aliphatic carbocycles. The maximum atomic E-state index is 11.0. The highest BCUT2D eigenvalue weighted by Gasteiger charge is 2.19. The molecule has 88 valence electrons. The van der Waals surface area contributed by atoms with Gasteiger partial charge in [-0.25, -0.2) is 4.79 Å². The van der Waals surface area contributed by atoms with Crippen molar-refractivity contribution in [3.8, 4) is 0 Å². The van der Waals surface area contributed by atoms with Crippen molar-refractivity contribution in [2.75, 3.05) is 11.4 Å². The van der Waals surface area contributed by atoms with E-state index in [1.807, 2.05) is 36.1 Å². The number of nitrogens with zero attached hydrogens (tertiary/aromatic N) is 1. The van der Waals surface area contributed by atoms with Gasteiger partial charge in [-0.1, -0.05) is 6.92 Å². The highest BCUT2D eigenvalue weighted by atomic mass is 127. The van der Waals surface area contributed by atoms with Crippen molar-refractivity contribution in [2.45, 2.75) is 26.3 Å². The van der Waals surface area contributed by atoms with Gasteiger partial charge in [-0.05, 0) is 60.2 Å². The van der Waals surface area contributed by atoms with Crippen molar-refractivity contribution >= 4 is 34.2 Å². The third-order valence-corrected chi connectivity index (χ3v) is 3.17. The SMILES string of the molecule is CCCN(c1ccc(I)cc1)C(C)C(=O)O. The molecule has 1 unspecified atom stereocenters. The topological polar surface area (TPSA) is 40.5 Å². The number of carboxylic acid groups (broad SMARTS) is 1. The minimum Gasteiger partial charge on any atom is -0.480 e. The maximum absolute atomic E-state index is 11.0. The number of rotatable bonds is 5. The molecule has 1 N–H and O–H groups in total. The fourth-order valence-corrected chi connectivity index (χ4v) is 1.91. The number of aliphatic carboxylic acids is 1. The molecule has 1 rings (SSSR count). The lowest BCUT2D eigenvalue weighted by molar-refractivity contribution is -0.138. The molecule has 3 nitrogen and oxygen atoms in total. The Morgan fingerprint density at radius 3 is 2.44 bits per heavy atom. The zero-order valence-electron chi connectivity index (χ0n) is 9.48. The second-order valence-electron chi connectivity index (χ2n) is 3.68. The standard InChI is InChI=1S/C12H16INO2/c1-3-8-14(9(2)12(15)16)11-6-4-10(13)5-7-11/h4-7,9H,3,8H2,1-2H3,(H,15,16). The molecule has 16 heavy (non-hydrogen) atoms. The van der Waals surface area contributed by atoms with Gasteiger partial charge in [0.05, 0.1) is 0 Å². The molecule has 4 heteroatoms. The van der Waals surface area contributed by atoms with E-state index in [2.05, 4.69) is 22.6 Å². The van der Waals surface area contributed by atoms with Crippen LogP contribution < -0.4 is 4.90 Å². The Morgan fingerprint density at radius 1 is 1.44 bits per heavy atom. The summed E-state index contributed by atoms with van der Waals surface area (Å²) in [5, 5.41) is 9.05. The fraction of sp³-hybridized carbons (Fsp3) is 0.417. The molecule has 0 aliphatic rings. The van der Waals surface area contributed by atoms with Gasteiger partial charge in [-0.2, -0.15) is 0 Å². The number of carbonyl (C=O) groups is 1. The Labute approximate surface area is 110 Å². The largest absolute Gasteiger partial charge is 0.480 e. The predicted octanol–water partition coefficient (Wildman–Crippen LogP) is 2.98. The van der Waals surface area contributed by atoms with Crippen LogP contribution in [0, 0.1) is 3.57 Å². The van der Waals surface area contributed by atoms with E-state index in [1.54, 1.807) is 6.92 Å². The Balaban J connectivity index is 2.92. The maximum Gasteiger partial charge on any atom is 0.326 e. The summed E-state index contributed by atoms with van der Waals surface area (Å²) < 4.78 is 1.15. The van der Waals surface area contributed by atoms with Crippen LogP contribution in [0.5, 0.6) is 0 Å². The molecule has 1 atom stereocenters. The van der Waals surface area contributed by atoms with Crippen LogP contribution in [0.3, 0.4) is 0 Å². The molecule has 0 fully saturated rings. The highest BCUT2D eigenvalue weighted by molar-refractivity contribution is 14.1. The van der Waals surface area contributed by atoms with E-state index in [0.717, 1.165) is 22.2 Å². The van der Waals surface area contributed by atoms with Crippen molar-refractivity contribution in [1.82, 2.24) is 0 Å². The van der Waals surface area contributed by atoms with E-state index in [9.17, 15) is 4.79 Å². The zero-order valence-corrected chi connectivity index (χ0v) is 11.6. The summed E-state index contributed by atoms with van der Waals surface area (Å²) in [5.41, 5.74) is 0.970. The smallest absolute Gasteiger partial charge is 0.326 e. The fourth-order valence-electron chi connectivity index (χ4n) is 1.55. The highest BCUT2D eigenvalue weighted by Crippen LogP contribution is 2.19. The van der Waals surface area contributed by atoms with E-state index in [0.29, 0.717) is 0 Å². The summed E-state index contributed by atoms with van der Waals surface area (Å²) >= 11 is 2.24. The molecule has 0 spiro atoms. The van der Waals surface area contributed by atoms with Crippen LogP contribution in [0.4, 0.5) is 5.69 Å². The van der Waals surface area contributed by atoms with E-state index >= 15 is 0 Å². The lowest BCUT2D eigenvalue weighted by Crippen LogP contribution is -2.39. The van der Waals surface area contributed by atoms with Gasteiger partial charge < -0.3 is 10.0 Å². The van der Waals surface area contributed by atoms with Gasteiger partial charge in [0.15, 0.2) is 0 Å². The first-order chi connectivity index (χ1) is 7.56. The third kappa shape index (κ3) is 3.37. The van der Waals surface area contributed by atoms with Crippen molar-refractivity contribution in [3.63, 3.8) is 0 Å². The Bertz CT molecular complexity index is 351. The van der Waals surface area contributed by atoms with E-state index in [-0.39, 0.29) is 0 Å². The van der Waals surface area contributed by atoms with E-state index in [4.69, 9.17) is 5.11 Å². The number of hydrogen-bond donors (Lipinski definition) is 1. The Kier molecular flexibility index (Phi) is 5.05. The number of halogens is 1. The van der Waals surface area contributed by atoms with Crippen LogP contribution in [0.2, 0.25) is 0 Å². The lowest BCUT2D eigenvalue weighted by atomic mass is 10.2. The molecule has 0 amide bonds. The minimum absolute atomic E-state index is 0.486. The summed E-state index contributed by atoms with van der Waals surface area (Å²) in [4.78, 5) is 12.9. The second kappa shape index (κ2) is 6.08. The first-order valence-corrected chi connectivity index (χ1v) is 6.39. The predicted molar refractivity (Wildman–Crippen MR) is 73.9 cm³/mol. The van der Waals surface area contributed by atoms with Crippen molar-refractivity contribution in [3.05, 3.63) is 27.8 Å². The normalized spacial score (nSPS) is 12.2. The summed E-state index contributed by atoms with van der Waals surface area (Å²) in [6, 6.07) is 7.44. The van der Waals surface area contributed by atoms with Crippen LogP contribution in [0.15, 0.2) is 24.3 Å². The third-order valence-electron chi connectivity index (χ3n) is 2.45. The summed E-state index contributed by atoms with van der Waals surface area (Å²) in [6.07, 6.45) is 0.934. The Morgan fingerprint density at radius 2 is 2.00 bits per heavy atom. The van der Waals surface area contributed by atoms with Crippen molar-refractivity contribution in [1.29, 1.82) is 0 Å². The molecule has 0 heterocycles. The number of benzene rings is 1.